The molecule has 2 aliphatic carbocycles. The van der Waals surface area contributed by atoms with Crippen LogP contribution in [0.15, 0.2) is 39.7 Å². The number of carbonyl (C=O) groups excluding carboxylic acids is 2. The quantitative estimate of drug-likeness (QED) is 0.265. The van der Waals surface area contributed by atoms with Crippen LogP contribution < -0.4 is 5.32 Å². The second-order valence-corrected chi connectivity index (χ2v) is 12.5. The van der Waals surface area contributed by atoms with E-state index in [4.69, 9.17) is 74.3 Å². The molecule has 1 heterocycles. The fourth-order valence-corrected chi connectivity index (χ4v) is 8.51. The summed E-state index contributed by atoms with van der Waals surface area (Å²) in [5.74, 6) is -6.45. The first-order chi connectivity index (χ1) is 16.7. The van der Waals surface area contributed by atoms with E-state index in [0.717, 1.165) is 22.5 Å². The third kappa shape index (κ3) is 3.69. The first-order valence-electron chi connectivity index (χ1n) is 10.5. The maximum Gasteiger partial charge on any atom is 0.341 e. The van der Waals surface area contributed by atoms with Gasteiger partial charge in [0.25, 0.3) is 0 Å². The molecule has 4 rings (SSSR count). The number of rotatable bonds is 6. The highest BCUT2D eigenvalue weighted by molar-refractivity contribution is 7.15. The van der Waals surface area contributed by atoms with Gasteiger partial charge in [0.15, 0.2) is 4.33 Å². The number of aliphatic carboxylic acids is 1. The molecule has 6 nitrogen and oxygen atoms in total. The van der Waals surface area contributed by atoms with Gasteiger partial charge in [-0.2, -0.15) is 0 Å². The number of hydrogen-bond acceptors (Lipinski definition) is 5. The standard InChI is InChI=1S/C23H17Cl6NO5S/c1-3-35-20(34)12-11(10-6-4-9(2)5-7-10)8-36-18(12)30-17(31)13-14(19(32)33)22(27)16(25)15(24)21(13,26)23(22,28)29/h4-8,13-14H,3H2,1-2H3,(H,30,31)(H,32,33)/t13-,14-,21+,22+/m0/s1. The van der Waals surface area contributed by atoms with Crippen LogP contribution in [0.25, 0.3) is 11.1 Å². The number of esters is 1. The van der Waals surface area contributed by atoms with E-state index in [1.807, 2.05) is 31.2 Å². The van der Waals surface area contributed by atoms with Crippen LogP contribution in [0.1, 0.15) is 22.8 Å². The molecule has 0 spiro atoms. The van der Waals surface area contributed by atoms with E-state index in [-0.39, 0.29) is 27.2 Å². The molecule has 1 aromatic heterocycles. The largest absolute Gasteiger partial charge is 0.481 e. The van der Waals surface area contributed by atoms with Crippen molar-refractivity contribution in [2.75, 3.05) is 11.9 Å². The molecule has 0 radical (unpaired) electrons. The highest BCUT2D eigenvalue weighted by Gasteiger charge is 2.85. The van der Waals surface area contributed by atoms with Gasteiger partial charge in [-0.25, -0.2) is 4.79 Å². The van der Waals surface area contributed by atoms with Gasteiger partial charge in [-0.15, -0.1) is 34.5 Å². The number of thiophene rings is 1. The minimum Gasteiger partial charge on any atom is -0.481 e. The summed E-state index contributed by atoms with van der Waals surface area (Å²) in [6.07, 6.45) is 0. The summed E-state index contributed by atoms with van der Waals surface area (Å²) in [6, 6.07) is 7.41. The van der Waals surface area contributed by atoms with Crippen LogP contribution in [0.2, 0.25) is 0 Å². The number of halogens is 6. The summed E-state index contributed by atoms with van der Waals surface area (Å²) in [6.45, 7) is 3.67. The molecule has 2 aromatic rings. The maximum atomic E-state index is 13.6. The molecular weight excluding hydrogens is 615 g/mol. The molecule has 2 N–H and O–H groups in total. The van der Waals surface area contributed by atoms with E-state index in [1.54, 1.807) is 12.3 Å². The molecule has 1 fully saturated rings. The van der Waals surface area contributed by atoms with Crippen molar-refractivity contribution < 1.29 is 24.2 Å². The summed E-state index contributed by atoms with van der Waals surface area (Å²) in [7, 11) is 0. The van der Waals surface area contributed by atoms with E-state index in [2.05, 4.69) is 5.32 Å². The third-order valence-electron chi connectivity index (χ3n) is 6.35. The van der Waals surface area contributed by atoms with Gasteiger partial charge >= 0.3 is 11.9 Å². The van der Waals surface area contributed by atoms with Crippen molar-refractivity contribution >= 4 is 104 Å². The van der Waals surface area contributed by atoms with Crippen LogP contribution >= 0.6 is 80.9 Å². The number of alkyl halides is 4. The molecule has 1 amide bonds. The molecular formula is C23H17Cl6NO5S. The number of aryl methyl sites for hydroxylation is 1. The summed E-state index contributed by atoms with van der Waals surface area (Å²) < 4.78 is 2.97. The minimum atomic E-state index is -2.24. The molecule has 2 bridgehead atoms. The molecule has 2 aliphatic rings. The van der Waals surface area contributed by atoms with Crippen LogP contribution in [0.4, 0.5) is 5.00 Å². The van der Waals surface area contributed by atoms with Gasteiger partial charge in [-0.05, 0) is 19.4 Å². The van der Waals surface area contributed by atoms with Crippen molar-refractivity contribution in [3.8, 4) is 11.1 Å². The molecule has 1 saturated carbocycles. The smallest absolute Gasteiger partial charge is 0.341 e. The number of benzene rings is 1. The monoisotopic (exact) mass is 629 g/mol. The number of hydrogen-bond donors (Lipinski definition) is 2. The van der Waals surface area contributed by atoms with Gasteiger partial charge in [0.1, 0.15) is 20.3 Å². The second-order valence-electron chi connectivity index (χ2n) is 8.35. The Kier molecular flexibility index (Phi) is 7.37. The van der Waals surface area contributed by atoms with Gasteiger partial charge in [0.05, 0.1) is 28.5 Å². The lowest BCUT2D eigenvalue weighted by atomic mass is 9.81. The van der Waals surface area contributed by atoms with Crippen molar-refractivity contribution in [2.24, 2.45) is 11.8 Å². The Morgan fingerprint density at radius 2 is 1.58 bits per heavy atom. The number of anilines is 1. The zero-order chi connectivity index (χ0) is 26.8. The Morgan fingerprint density at radius 1 is 1.03 bits per heavy atom. The molecule has 1 aromatic carbocycles. The van der Waals surface area contributed by atoms with Crippen molar-refractivity contribution in [3.05, 3.63) is 50.8 Å². The Hall–Kier alpha value is -1.19. The van der Waals surface area contributed by atoms with Crippen molar-refractivity contribution in [3.63, 3.8) is 0 Å². The molecule has 4 atom stereocenters. The number of carboxylic acid groups (broad SMARTS) is 1. The lowest BCUT2D eigenvalue weighted by molar-refractivity contribution is -0.146. The Bertz CT molecular complexity index is 1310. The average molecular weight is 632 g/mol. The van der Waals surface area contributed by atoms with E-state index >= 15 is 0 Å². The SMILES string of the molecule is CCOC(=O)c1c(-c2ccc(C)cc2)csc1NC(=O)[C@@H]1[C@@H](C(=O)O)[C@@]2(Cl)C(Cl)=C(Cl)[C@@]1(Cl)C2(Cl)Cl. The van der Waals surface area contributed by atoms with Crippen LogP contribution in [-0.2, 0) is 14.3 Å². The number of fused-ring (bicyclic) bond motifs is 2. The first-order valence-corrected chi connectivity index (χ1v) is 13.6. The molecule has 0 unspecified atom stereocenters. The lowest BCUT2D eigenvalue weighted by Gasteiger charge is -2.33. The van der Waals surface area contributed by atoms with Gasteiger partial charge < -0.3 is 15.2 Å². The van der Waals surface area contributed by atoms with Crippen molar-refractivity contribution in [1.29, 1.82) is 0 Å². The third-order valence-corrected chi connectivity index (χ3v) is 11.5. The van der Waals surface area contributed by atoms with E-state index in [0.29, 0.717) is 5.56 Å². The Balaban J connectivity index is 1.80. The number of carbonyl (C=O) groups is 3. The number of carboxylic acids is 1. The van der Waals surface area contributed by atoms with E-state index in [1.165, 1.54) is 0 Å². The predicted octanol–water partition coefficient (Wildman–Crippen LogP) is 7.00. The molecule has 36 heavy (non-hydrogen) atoms. The highest BCUT2D eigenvalue weighted by Crippen LogP contribution is 2.76. The van der Waals surface area contributed by atoms with Gasteiger partial charge in [0.2, 0.25) is 5.91 Å². The fourth-order valence-electron chi connectivity index (χ4n) is 4.62. The maximum absolute atomic E-state index is 13.6. The van der Waals surface area contributed by atoms with Gasteiger partial charge in [-0.3, -0.25) is 9.59 Å². The number of allylic oxidation sites excluding steroid dienone is 2. The fraction of sp³-hybridized carbons (Fsp3) is 0.348. The van der Waals surface area contributed by atoms with E-state index < -0.39 is 43.8 Å². The van der Waals surface area contributed by atoms with E-state index in [9.17, 15) is 19.5 Å². The predicted molar refractivity (Wildman–Crippen MR) is 144 cm³/mol. The first kappa shape index (κ1) is 27.8. The Labute approximate surface area is 240 Å². The minimum absolute atomic E-state index is 0.0958. The topological polar surface area (TPSA) is 92.7 Å². The summed E-state index contributed by atoms with van der Waals surface area (Å²) in [5, 5.41) is 13.7. The molecule has 0 aliphatic heterocycles. The lowest BCUT2D eigenvalue weighted by Crippen LogP contribution is -2.47. The number of amides is 1. The summed E-state index contributed by atoms with van der Waals surface area (Å²) in [4.78, 5) is 34.5. The van der Waals surface area contributed by atoms with Crippen LogP contribution in [0, 0.1) is 18.8 Å². The van der Waals surface area contributed by atoms with Crippen LogP contribution in [-0.4, -0.2) is 43.6 Å². The Morgan fingerprint density at radius 3 is 2.11 bits per heavy atom. The number of ether oxygens (including phenoxy) is 1. The van der Waals surface area contributed by atoms with Crippen LogP contribution in [0.3, 0.4) is 0 Å². The average Bonchev–Trinajstić information content (AvgIpc) is 3.31. The van der Waals surface area contributed by atoms with Crippen molar-refractivity contribution in [1.82, 2.24) is 0 Å². The molecule has 0 saturated heterocycles. The summed E-state index contributed by atoms with van der Waals surface area (Å²) in [5.41, 5.74) is 2.36. The zero-order valence-corrected chi connectivity index (χ0v) is 23.9. The zero-order valence-electron chi connectivity index (χ0n) is 18.5. The highest BCUT2D eigenvalue weighted by atomic mass is 35.5. The van der Waals surface area contributed by atoms with Crippen molar-refractivity contribution in [2.45, 2.75) is 27.9 Å². The van der Waals surface area contributed by atoms with Crippen LogP contribution in [0.5, 0.6) is 0 Å². The normalized spacial score (nSPS) is 28.3. The van der Waals surface area contributed by atoms with Gasteiger partial charge in [-0.1, -0.05) is 76.2 Å². The number of nitrogens with one attached hydrogen (secondary N) is 1. The van der Waals surface area contributed by atoms with Gasteiger partial charge in [0, 0.05) is 10.9 Å². The molecule has 192 valence electrons. The molecule has 13 heteroatoms. The second kappa shape index (κ2) is 9.53. The summed E-state index contributed by atoms with van der Waals surface area (Å²) >= 11 is 39.9.